The van der Waals surface area contributed by atoms with Crippen molar-refractivity contribution in [1.82, 2.24) is 5.32 Å². The van der Waals surface area contributed by atoms with E-state index in [1.807, 2.05) is 37.3 Å². The fourth-order valence-electron chi connectivity index (χ4n) is 2.02. The number of aliphatic hydroxyl groups is 1. The van der Waals surface area contributed by atoms with Gasteiger partial charge in [-0.1, -0.05) is 36.4 Å². The Bertz CT molecular complexity index is 547. The topological polar surface area (TPSA) is 41.5 Å². The van der Waals surface area contributed by atoms with Gasteiger partial charge in [0.15, 0.2) is 0 Å². The van der Waals surface area contributed by atoms with Gasteiger partial charge in [0.05, 0.1) is 0 Å². The van der Waals surface area contributed by atoms with E-state index >= 15 is 0 Å². The molecule has 2 rings (SSSR count). The van der Waals surface area contributed by atoms with Crippen LogP contribution in [0.5, 0.6) is 5.75 Å². The Hall–Kier alpha value is -1.91. The van der Waals surface area contributed by atoms with Gasteiger partial charge in [-0.3, -0.25) is 0 Å². The van der Waals surface area contributed by atoms with Crippen LogP contribution in [-0.2, 0) is 0 Å². The minimum atomic E-state index is -0.653. The summed E-state index contributed by atoms with van der Waals surface area (Å²) in [5, 5.41) is 13.0. The van der Waals surface area contributed by atoms with Crippen LogP contribution in [-0.4, -0.2) is 24.4 Å². The highest BCUT2D eigenvalue weighted by molar-refractivity contribution is 5.21. The quantitative estimate of drug-likeness (QED) is 0.823. The molecule has 2 atom stereocenters. The zero-order valence-corrected chi connectivity index (χ0v) is 12.0. The predicted molar refractivity (Wildman–Crippen MR) is 80.8 cm³/mol. The third-order valence-electron chi connectivity index (χ3n) is 3.22. The second kappa shape index (κ2) is 7.76. The van der Waals surface area contributed by atoms with E-state index in [-0.39, 0.29) is 18.5 Å². The SMILES string of the molecule is CC(NCC(O)COc1ccccc1)c1ccccc1F. The highest BCUT2D eigenvalue weighted by atomic mass is 19.1. The van der Waals surface area contributed by atoms with Crippen LogP contribution in [0.25, 0.3) is 0 Å². The van der Waals surface area contributed by atoms with Gasteiger partial charge in [0.25, 0.3) is 0 Å². The number of para-hydroxylation sites is 1. The summed E-state index contributed by atoms with van der Waals surface area (Å²) >= 11 is 0. The molecule has 0 fully saturated rings. The van der Waals surface area contributed by atoms with Gasteiger partial charge in [-0.2, -0.15) is 0 Å². The molecule has 0 heterocycles. The summed E-state index contributed by atoms with van der Waals surface area (Å²) < 4.78 is 19.1. The van der Waals surface area contributed by atoms with Crippen molar-refractivity contribution in [3.8, 4) is 5.75 Å². The number of rotatable bonds is 7. The summed E-state index contributed by atoms with van der Waals surface area (Å²) in [5.74, 6) is 0.478. The monoisotopic (exact) mass is 289 g/mol. The van der Waals surface area contributed by atoms with Gasteiger partial charge in [-0.25, -0.2) is 4.39 Å². The Balaban J connectivity index is 1.76. The van der Waals surface area contributed by atoms with E-state index in [0.717, 1.165) is 5.75 Å². The first-order valence-electron chi connectivity index (χ1n) is 7.00. The van der Waals surface area contributed by atoms with Gasteiger partial charge in [-0.15, -0.1) is 0 Å². The highest BCUT2D eigenvalue weighted by Gasteiger charge is 2.12. The maximum absolute atomic E-state index is 13.6. The molecule has 0 saturated carbocycles. The summed E-state index contributed by atoms with van der Waals surface area (Å²) in [5.41, 5.74) is 0.591. The average molecular weight is 289 g/mol. The minimum absolute atomic E-state index is 0.169. The zero-order chi connectivity index (χ0) is 15.1. The Kier molecular flexibility index (Phi) is 5.72. The van der Waals surface area contributed by atoms with Crippen molar-refractivity contribution in [2.45, 2.75) is 19.1 Å². The molecule has 0 aromatic heterocycles. The second-order valence-corrected chi connectivity index (χ2v) is 4.93. The van der Waals surface area contributed by atoms with Crippen LogP contribution in [0.3, 0.4) is 0 Å². The van der Waals surface area contributed by atoms with Gasteiger partial charge >= 0.3 is 0 Å². The molecule has 2 aromatic rings. The first-order valence-corrected chi connectivity index (χ1v) is 7.00. The number of hydrogen-bond donors (Lipinski definition) is 2. The molecule has 0 aliphatic rings. The van der Waals surface area contributed by atoms with Crippen LogP contribution >= 0.6 is 0 Å². The number of aliphatic hydroxyl groups excluding tert-OH is 1. The molecular formula is C17H20FNO2. The molecule has 4 heteroatoms. The van der Waals surface area contributed by atoms with Crippen molar-refractivity contribution in [1.29, 1.82) is 0 Å². The van der Waals surface area contributed by atoms with Crippen LogP contribution in [0.1, 0.15) is 18.5 Å². The molecule has 21 heavy (non-hydrogen) atoms. The Morgan fingerprint density at radius 3 is 2.48 bits per heavy atom. The van der Waals surface area contributed by atoms with Gasteiger partial charge < -0.3 is 15.2 Å². The van der Waals surface area contributed by atoms with Gasteiger partial charge in [-0.05, 0) is 25.1 Å². The number of benzene rings is 2. The number of ether oxygens (including phenoxy) is 1. The Labute approximate surface area is 124 Å². The molecule has 2 aromatic carbocycles. The Morgan fingerprint density at radius 1 is 1.10 bits per heavy atom. The molecule has 0 spiro atoms. The highest BCUT2D eigenvalue weighted by Crippen LogP contribution is 2.15. The molecule has 2 N–H and O–H groups in total. The smallest absolute Gasteiger partial charge is 0.127 e. The van der Waals surface area contributed by atoms with Crippen LogP contribution in [0.15, 0.2) is 54.6 Å². The van der Waals surface area contributed by atoms with Gasteiger partial charge in [0.1, 0.15) is 24.3 Å². The van der Waals surface area contributed by atoms with E-state index in [4.69, 9.17) is 4.74 Å². The summed E-state index contributed by atoms with van der Waals surface area (Å²) in [7, 11) is 0. The normalized spacial score (nSPS) is 13.7. The largest absolute Gasteiger partial charge is 0.491 e. The fourth-order valence-corrected chi connectivity index (χ4v) is 2.02. The average Bonchev–Trinajstić information content (AvgIpc) is 2.52. The molecule has 0 amide bonds. The molecule has 0 aliphatic carbocycles. The summed E-state index contributed by atoms with van der Waals surface area (Å²) in [6.07, 6.45) is -0.653. The van der Waals surface area contributed by atoms with Crippen molar-refractivity contribution in [3.05, 3.63) is 66.0 Å². The summed E-state index contributed by atoms with van der Waals surface area (Å²) in [6, 6.07) is 15.8. The maximum atomic E-state index is 13.6. The van der Waals surface area contributed by atoms with E-state index in [1.54, 1.807) is 18.2 Å². The predicted octanol–water partition coefficient (Wildman–Crippen LogP) is 2.92. The van der Waals surface area contributed by atoms with Crippen LogP contribution in [0.2, 0.25) is 0 Å². The third-order valence-corrected chi connectivity index (χ3v) is 3.22. The molecular weight excluding hydrogens is 269 g/mol. The van der Waals surface area contributed by atoms with Crippen molar-refractivity contribution >= 4 is 0 Å². The number of hydrogen-bond acceptors (Lipinski definition) is 3. The van der Waals surface area contributed by atoms with E-state index in [1.165, 1.54) is 6.07 Å². The first kappa shape index (κ1) is 15.5. The number of nitrogens with one attached hydrogen (secondary N) is 1. The molecule has 2 unspecified atom stereocenters. The van der Waals surface area contributed by atoms with Gasteiger partial charge in [0.2, 0.25) is 0 Å². The lowest BCUT2D eigenvalue weighted by Gasteiger charge is -2.18. The van der Waals surface area contributed by atoms with E-state index in [0.29, 0.717) is 12.1 Å². The second-order valence-electron chi connectivity index (χ2n) is 4.93. The first-order chi connectivity index (χ1) is 10.2. The molecule has 0 saturated heterocycles. The maximum Gasteiger partial charge on any atom is 0.127 e. The number of halogens is 1. The standard InChI is InChI=1S/C17H20FNO2/c1-13(16-9-5-6-10-17(16)18)19-11-14(20)12-21-15-7-3-2-4-8-15/h2-10,13-14,19-20H,11-12H2,1H3. The lowest BCUT2D eigenvalue weighted by molar-refractivity contribution is 0.104. The molecule has 0 aliphatic heterocycles. The van der Waals surface area contributed by atoms with E-state index in [9.17, 15) is 9.50 Å². The van der Waals surface area contributed by atoms with Gasteiger partial charge in [0, 0.05) is 18.2 Å². The lowest BCUT2D eigenvalue weighted by atomic mass is 10.1. The van der Waals surface area contributed by atoms with E-state index in [2.05, 4.69) is 5.32 Å². The van der Waals surface area contributed by atoms with Crippen LogP contribution < -0.4 is 10.1 Å². The molecule has 0 bridgehead atoms. The van der Waals surface area contributed by atoms with Crippen LogP contribution in [0.4, 0.5) is 4.39 Å². The Morgan fingerprint density at radius 2 is 1.76 bits per heavy atom. The van der Waals surface area contributed by atoms with Crippen molar-refractivity contribution in [2.24, 2.45) is 0 Å². The van der Waals surface area contributed by atoms with Crippen molar-refractivity contribution in [2.75, 3.05) is 13.2 Å². The van der Waals surface area contributed by atoms with E-state index < -0.39 is 6.10 Å². The van der Waals surface area contributed by atoms with Crippen molar-refractivity contribution in [3.63, 3.8) is 0 Å². The summed E-state index contributed by atoms with van der Waals surface area (Å²) in [6.45, 7) is 2.40. The minimum Gasteiger partial charge on any atom is -0.491 e. The summed E-state index contributed by atoms with van der Waals surface area (Å²) in [4.78, 5) is 0. The van der Waals surface area contributed by atoms with Crippen molar-refractivity contribution < 1.29 is 14.2 Å². The van der Waals surface area contributed by atoms with Crippen LogP contribution in [0, 0.1) is 5.82 Å². The lowest BCUT2D eigenvalue weighted by Crippen LogP contribution is -2.33. The molecule has 3 nitrogen and oxygen atoms in total. The third kappa shape index (κ3) is 4.85. The fraction of sp³-hybridized carbons (Fsp3) is 0.294. The zero-order valence-electron chi connectivity index (χ0n) is 12.0. The molecule has 112 valence electrons. The molecule has 0 radical (unpaired) electrons.